The number of hydrogen-bond acceptors (Lipinski definition) is 3. The molecule has 0 fully saturated rings. The van der Waals surface area contributed by atoms with Crippen LogP contribution in [0.2, 0.25) is 5.02 Å². The molecule has 0 radical (unpaired) electrons. The topological polar surface area (TPSA) is 58.2 Å². The smallest absolute Gasteiger partial charge is 0.261 e. The molecule has 2 N–H and O–H groups in total. The third kappa shape index (κ3) is 4.20. The number of nitrogens with one attached hydrogen (secondary N) is 2. The van der Waals surface area contributed by atoms with Gasteiger partial charge in [-0.05, 0) is 36.4 Å². The zero-order valence-electron chi connectivity index (χ0n) is 11.6. The highest BCUT2D eigenvalue weighted by atomic mass is 35.5. The summed E-state index contributed by atoms with van der Waals surface area (Å²) in [5.41, 5.74) is 1.41. The van der Waals surface area contributed by atoms with Gasteiger partial charge in [0.25, 0.3) is 10.0 Å². The van der Waals surface area contributed by atoms with Gasteiger partial charge in [-0.3, -0.25) is 4.72 Å². The first-order chi connectivity index (χ1) is 10.0. The van der Waals surface area contributed by atoms with Crippen molar-refractivity contribution in [3.63, 3.8) is 0 Å². The predicted molar refractivity (Wildman–Crippen MR) is 86.1 cm³/mol. The van der Waals surface area contributed by atoms with E-state index in [-0.39, 0.29) is 4.90 Å². The molecule has 2 rings (SSSR count). The maximum Gasteiger partial charge on any atom is 0.261 e. The molecule has 0 amide bonds. The van der Waals surface area contributed by atoms with Crippen LogP contribution in [0.25, 0.3) is 0 Å². The standard InChI is InChI=1S/C15H17ClN2O2S/c1-2-17-11-12-7-9-13(10-8-12)21(19,20)18-15-6-4-3-5-14(15)16/h3-10,17-18H,2,11H2,1H3. The Labute approximate surface area is 130 Å². The average molecular weight is 325 g/mol. The monoisotopic (exact) mass is 324 g/mol. The average Bonchev–Trinajstić information content (AvgIpc) is 2.48. The molecule has 0 bridgehead atoms. The van der Waals surface area contributed by atoms with Crippen LogP contribution in [-0.2, 0) is 16.6 Å². The molecule has 0 aliphatic rings. The van der Waals surface area contributed by atoms with E-state index in [0.29, 0.717) is 10.7 Å². The summed E-state index contributed by atoms with van der Waals surface area (Å²) in [6.07, 6.45) is 0. The molecule has 4 nitrogen and oxygen atoms in total. The second-order valence-electron chi connectivity index (χ2n) is 4.51. The molecule has 0 aromatic heterocycles. The van der Waals surface area contributed by atoms with Gasteiger partial charge in [-0.2, -0.15) is 0 Å². The highest BCUT2D eigenvalue weighted by Crippen LogP contribution is 2.24. The van der Waals surface area contributed by atoms with Gasteiger partial charge in [0.1, 0.15) is 0 Å². The van der Waals surface area contributed by atoms with Crippen molar-refractivity contribution in [1.29, 1.82) is 0 Å². The lowest BCUT2D eigenvalue weighted by Gasteiger charge is -2.10. The second-order valence-corrected chi connectivity index (χ2v) is 6.60. The van der Waals surface area contributed by atoms with E-state index in [1.54, 1.807) is 48.5 Å². The van der Waals surface area contributed by atoms with Gasteiger partial charge in [0.05, 0.1) is 15.6 Å². The van der Waals surface area contributed by atoms with E-state index in [1.807, 2.05) is 6.92 Å². The highest BCUT2D eigenvalue weighted by molar-refractivity contribution is 7.92. The Morgan fingerprint density at radius 1 is 1.05 bits per heavy atom. The van der Waals surface area contributed by atoms with Gasteiger partial charge in [0.15, 0.2) is 0 Å². The van der Waals surface area contributed by atoms with Crippen LogP contribution in [0, 0.1) is 0 Å². The Kier molecular flexibility index (Phi) is 5.22. The molecule has 0 aliphatic heterocycles. The molecule has 0 atom stereocenters. The minimum absolute atomic E-state index is 0.211. The van der Waals surface area contributed by atoms with E-state index in [0.717, 1.165) is 18.7 Å². The van der Waals surface area contributed by atoms with Crippen LogP contribution < -0.4 is 10.0 Å². The van der Waals surface area contributed by atoms with E-state index in [9.17, 15) is 8.42 Å². The van der Waals surface area contributed by atoms with E-state index in [4.69, 9.17) is 11.6 Å². The van der Waals surface area contributed by atoms with Gasteiger partial charge in [0, 0.05) is 6.54 Å². The molecular weight excluding hydrogens is 308 g/mol. The number of hydrogen-bond donors (Lipinski definition) is 2. The zero-order valence-corrected chi connectivity index (χ0v) is 13.2. The minimum atomic E-state index is -3.63. The van der Waals surface area contributed by atoms with Gasteiger partial charge >= 0.3 is 0 Å². The molecule has 2 aromatic rings. The van der Waals surface area contributed by atoms with Crippen LogP contribution in [0.3, 0.4) is 0 Å². The number of benzene rings is 2. The van der Waals surface area contributed by atoms with E-state index >= 15 is 0 Å². The largest absolute Gasteiger partial charge is 0.313 e. The van der Waals surface area contributed by atoms with Crippen LogP contribution in [0.5, 0.6) is 0 Å². The third-order valence-corrected chi connectivity index (χ3v) is 4.64. The number of para-hydroxylation sites is 1. The first kappa shape index (κ1) is 15.8. The van der Waals surface area contributed by atoms with Crippen LogP contribution in [0.4, 0.5) is 5.69 Å². The fourth-order valence-corrected chi connectivity index (χ4v) is 3.12. The Morgan fingerprint density at radius 2 is 1.71 bits per heavy atom. The van der Waals surface area contributed by atoms with Crippen molar-refractivity contribution >= 4 is 27.3 Å². The van der Waals surface area contributed by atoms with Crippen molar-refractivity contribution < 1.29 is 8.42 Å². The molecule has 6 heteroatoms. The number of anilines is 1. The van der Waals surface area contributed by atoms with Crippen molar-refractivity contribution in [2.75, 3.05) is 11.3 Å². The Morgan fingerprint density at radius 3 is 2.33 bits per heavy atom. The maximum absolute atomic E-state index is 12.3. The van der Waals surface area contributed by atoms with Crippen molar-refractivity contribution in [3.8, 4) is 0 Å². The van der Waals surface area contributed by atoms with Gasteiger partial charge in [-0.15, -0.1) is 0 Å². The summed E-state index contributed by atoms with van der Waals surface area (Å²) in [5, 5.41) is 3.55. The molecular formula is C15H17ClN2O2S. The van der Waals surface area contributed by atoms with E-state index in [2.05, 4.69) is 10.0 Å². The minimum Gasteiger partial charge on any atom is -0.313 e. The van der Waals surface area contributed by atoms with Crippen molar-refractivity contribution in [2.24, 2.45) is 0 Å². The summed E-state index contributed by atoms with van der Waals surface area (Å²) < 4.78 is 27.1. The predicted octanol–water partition coefficient (Wildman–Crippen LogP) is 3.25. The molecule has 0 unspecified atom stereocenters. The molecule has 0 saturated heterocycles. The number of rotatable bonds is 6. The summed E-state index contributed by atoms with van der Waals surface area (Å²) in [6, 6.07) is 13.5. The fourth-order valence-electron chi connectivity index (χ4n) is 1.80. The SMILES string of the molecule is CCNCc1ccc(S(=O)(=O)Nc2ccccc2Cl)cc1. The van der Waals surface area contributed by atoms with E-state index < -0.39 is 10.0 Å². The van der Waals surface area contributed by atoms with E-state index in [1.165, 1.54) is 0 Å². The quantitative estimate of drug-likeness (QED) is 0.857. The molecule has 0 saturated carbocycles. The first-order valence-electron chi connectivity index (χ1n) is 6.60. The third-order valence-electron chi connectivity index (χ3n) is 2.93. The Bertz CT molecular complexity index is 700. The van der Waals surface area contributed by atoms with Crippen molar-refractivity contribution in [3.05, 3.63) is 59.1 Å². The van der Waals surface area contributed by atoms with Crippen LogP contribution in [0.15, 0.2) is 53.4 Å². The normalized spacial score (nSPS) is 11.3. The zero-order chi connectivity index (χ0) is 15.3. The fraction of sp³-hybridized carbons (Fsp3) is 0.200. The summed E-state index contributed by atoms with van der Waals surface area (Å²) in [4.78, 5) is 0.211. The molecule has 112 valence electrons. The lowest BCUT2D eigenvalue weighted by Crippen LogP contribution is -2.14. The first-order valence-corrected chi connectivity index (χ1v) is 8.46. The molecule has 2 aromatic carbocycles. The van der Waals surface area contributed by atoms with Gasteiger partial charge in [0.2, 0.25) is 0 Å². The van der Waals surface area contributed by atoms with Crippen molar-refractivity contribution in [2.45, 2.75) is 18.4 Å². The Balaban J connectivity index is 2.18. The summed E-state index contributed by atoms with van der Waals surface area (Å²) in [7, 11) is -3.63. The number of sulfonamides is 1. The number of halogens is 1. The van der Waals surface area contributed by atoms with Gasteiger partial charge in [-0.1, -0.05) is 42.8 Å². The molecule has 21 heavy (non-hydrogen) atoms. The lowest BCUT2D eigenvalue weighted by molar-refractivity contribution is 0.601. The summed E-state index contributed by atoms with van der Waals surface area (Å²) in [6.45, 7) is 3.61. The van der Waals surface area contributed by atoms with Gasteiger partial charge in [-0.25, -0.2) is 8.42 Å². The van der Waals surface area contributed by atoms with Crippen LogP contribution in [-0.4, -0.2) is 15.0 Å². The maximum atomic E-state index is 12.3. The molecule has 0 spiro atoms. The highest BCUT2D eigenvalue weighted by Gasteiger charge is 2.15. The lowest BCUT2D eigenvalue weighted by atomic mass is 10.2. The Hall–Kier alpha value is -1.56. The van der Waals surface area contributed by atoms with Crippen molar-refractivity contribution in [1.82, 2.24) is 5.32 Å². The molecule has 0 aliphatic carbocycles. The summed E-state index contributed by atoms with van der Waals surface area (Å²) in [5.74, 6) is 0. The van der Waals surface area contributed by atoms with Crippen LogP contribution in [0.1, 0.15) is 12.5 Å². The second kappa shape index (κ2) is 6.93. The van der Waals surface area contributed by atoms with Crippen LogP contribution >= 0.6 is 11.6 Å². The summed E-state index contributed by atoms with van der Waals surface area (Å²) >= 11 is 5.96. The molecule has 0 heterocycles. The van der Waals surface area contributed by atoms with Gasteiger partial charge < -0.3 is 5.32 Å².